The van der Waals surface area contributed by atoms with E-state index >= 15 is 0 Å². The molecule has 168 valence electrons. The van der Waals surface area contributed by atoms with Gasteiger partial charge in [0.05, 0.1) is 0 Å². The summed E-state index contributed by atoms with van der Waals surface area (Å²) in [6.45, 7) is 4.07. The zero-order valence-electron chi connectivity index (χ0n) is 17.8. The predicted molar refractivity (Wildman–Crippen MR) is 118 cm³/mol. The third kappa shape index (κ3) is 6.31. The Morgan fingerprint density at radius 1 is 0.906 bits per heavy atom. The molecule has 0 N–H and O–H groups in total. The summed E-state index contributed by atoms with van der Waals surface area (Å²) in [6.07, 6.45) is 0. The average Bonchev–Trinajstić information content (AvgIpc) is 2.77. The van der Waals surface area contributed by atoms with Crippen LogP contribution in [0.3, 0.4) is 0 Å². The topological polar surface area (TPSA) is 72.9 Å². The van der Waals surface area contributed by atoms with Crippen LogP contribution in [0.25, 0.3) is 0 Å². The minimum atomic E-state index is -4.07. The lowest BCUT2D eigenvalue weighted by molar-refractivity contribution is -0.135. The molecule has 3 aromatic carbocycles. The summed E-state index contributed by atoms with van der Waals surface area (Å²) < 4.78 is 48.4. The fourth-order valence-corrected chi connectivity index (χ4v) is 3.86. The highest BCUT2D eigenvalue weighted by Gasteiger charge is 2.19. The Morgan fingerprint density at radius 3 is 2.12 bits per heavy atom. The maximum Gasteiger partial charge on any atom is 0.339 e. The van der Waals surface area contributed by atoms with Crippen LogP contribution in [0.1, 0.15) is 19.4 Å². The zero-order chi connectivity index (χ0) is 23.1. The largest absolute Gasteiger partial charge is 0.484 e. The van der Waals surface area contributed by atoms with Gasteiger partial charge in [-0.2, -0.15) is 8.42 Å². The lowest BCUT2D eigenvalue weighted by atomic mass is 10.2. The van der Waals surface area contributed by atoms with Crippen LogP contribution >= 0.6 is 0 Å². The molecule has 0 aliphatic carbocycles. The Hall–Kier alpha value is -3.39. The summed E-state index contributed by atoms with van der Waals surface area (Å²) >= 11 is 0. The maximum absolute atomic E-state index is 13.0. The molecule has 0 atom stereocenters. The zero-order valence-corrected chi connectivity index (χ0v) is 18.6. The molecule has 0 fully saturated rings. The molecule has 0 aliphatic heterocycles. The predicted octanol–water partition coefficient (Wildman–Crippen LogP) is 4.41. The summed E-state index contributed by atoms with van der Waals surface area (Å²) in [5.41, 5.74) is 0.804. The van der Waals surface area contributed by atoms with Crippen LogP contribution in [0.5, 0.6) is 11.5 Å². The van der Waals surface area contributed by atoms with E-state index in [4.69, 9.17) is 8.92 Å². The van der Waals surface area contributed by atoms with Gasteiger partial charge in [0.1, 0.15) is 22.2 Å². The molecule has 8 heteroatoms. The van der Waals surface area contributed by atoms with Gasteiger partial charge in [-0.25, -0.2) is 4.39 Å². The van der Waals surface area contributed by atoms with E-state index in [1.807, 2.05) is 32.0 Å². The third-order valence-corrected chi connectivity index (χ3v) is 5.90. The second-order valence-electron chi connectivity index (χ2n) is 7.35. The Kier molecular flexibility index (Phi) is 7.48. The van der Waals surface area contributed by atoms with Gasteiger partial charge < -0.3 is 13.8 Å². The van der Waals surface area contributed by atoms with E-state index in [0.29, 0.717) is 12.3 Å². The van der Waals surface area contributed by atoms with Gasteiger partial charge in [0.25, 0.3) is 5.91 Å². The monoisotopic (exact) mass is 457 g/mol. The van der Waals surface area contributed by atoms with Crippen LogP contribution in [0.15, 0.2) is 83.8 Å². The number of carbonyl (C=O) groups excluding carboxylic acids is 1. The summed E-state index contributed by atoms with van der Waals surface area (Å²) in [4.78, 5) is 14.2. The van der Waals surface area contributed by atoms with Gasteiger partial charge in [0.15, 0.2) is 6.61 Å². The molecule has 0 aliphatic rings. The van der Waals surface area contributed by atoms with Crippen LogP contribution < -0.4 is 8.92 Å². The number of para-hydroxylation sites is 1. The van der Waals surface area contributed by atoms with E-state index in [1.165, 1.54) is 12.1 Å². The normalized spacial score (nSPS) is 11.2. The Balaban J connectivity index is 1.63. The number of halogens is 1. The molecule has 1 amide bonds. The minimum Gasteiger partial charge on any atom is -0.484 e. The fraction of sp³-hybridized carbons (Fsp3) is 0.208. The minimum absolute atomic E-state index is 0.0587. The first-order valence-corrected chi connectivity index (χ1v) is 11.4. The molecule has 0 spiro atoms. The summed E-state index contributed by atoms with van der Waals surface area (Å²) in [5, 5.41) is 0. The number of carbonyl (C=O) groups is 1. The van der Waals surface area contributed by atoms with Crippen LogP contribution in [-0.2, 0) is 21.5 Å². The van der Waals surface area contributed by atoms with E-state index in [-0.39, 0.29) is 29.2 Å². The second kappa shape index (κ2) is 10.3. The van der Waals surface area contributed by atoms with Crippen LogP contribution in [0.4, 0.5) is 4.39 Å². The quantitative estimate of drug-likeness (QED) is 0.445. The number of benzene rings is 3. The van der Waals surface area contributed by atoms with Crippen molar-refractivity contribution in [1.82, 2.24) is 4.90 Å². The number of ether oxygens (including phenoxy) is 1. The van der Waals surface area contributed by atoms with Gasteiger partial charge in [0.2, 0.25) is 0 Å². The van der Waals surface area contributed by atoms with Crippen molar-refractivity contribution in [1.29, 1.82) is 0 Å². The molecule has 0 aromatic heterocycles. The Morgan fingerprint density at radius 2 is 1.53 bits per heavy atom. The number of hydrogen-bond donors (Lipinski definition) is 0. The molecule has 3 rings (SSSR count). The van der Waals surface area contributed by atoms with Crippen molar-refractivity contribution in [2.24, 2.45) is 0 Å². The Labute approximate surface area is 187 Å². The van der Waals surface area contributed by atoms with Crippen LogP contribution in [-0.4, -0.2) is 31.9 Å². The number of amides is 1. The van der Waals surface area contributed by atoms with Crippen molar-refractivity contribution in [2.45, 2.75) is 31.3 Å². The molecule has 0 radical (unpaired) electrons. The maximum atomic E-state index is 13.0. The van der Waals surface area contributed by atoms with Gasteiger partial charge in [-0.05, 0) is 67.9 Å². The van der Waals surface area contributed by atoms with Crippen LogP contribution in [0.2, 0.25) is 0 Å². The number of nitrogens with zero attached hydrogens (tertiary/aromatic N) is 1. The van der Waals surface area contributed by atoms with Gasteiger partial charge >= 0.3 is 10.1 Å². The first-order chi connectivity index (χ1) is 15.2. The third-order valence-electron chi connectivity index (χ3n) is 4.63. The highest BCUT2D eigenvalue weighted by molar-refractivity contribution is 7.87. The lowest BCUT2D eigenvalue weighted by Crippen LogP contribution is -2.39. The highest BCUT2D eigenvalue weighted by Crippen LogP contribution is 2.21. The van der Waals surface area contributed by atoms with Gasteiger partial charge in [0, 0.05) is 12.6 Å². The molecule has 32 heavy (non-hydrogen) atoms. The van der Waals surface area contributed by atoms with E-state index < -0.39 is 15.9 Å². The summed E-state index contributed by atoms with van der Waals surface area (Å²) in [7, 11) is -4.07. The summed E-state index contributed by atoms with van der Waals surface area (Å²) in [5.74, 6) is 0.0381. The van der Waals surface area contributed by atoms with E-state index in [9.17, 15) is 17.6 Å². The van der Waals surface area contributed by atoms with Crippen molar-refractivity contribution < 1.29 is 26.5 Å². The van der Waals surface area contributed by atoms with E-state index in [0.717, 1.165) is 29.8 Å². The molecule has 0 saturated heterocycles. The molecular weight excluding hydrogens is 433 g/mol. The second-order valence-corrected chi connectivity index (χ2v) is 8.90. The van der Waals surface area contributed by atoms with Gasteiger partial charge in [-0.1, -0.05) is 30.3 Å². The van der Waals surface area contributed by atoms with E-state index in [2.05, 4.69) is 0 Å². The van der Waals surface area contributed by atoms with Crippen molar-refractivity contribution in [2.75, 3.05) is 6.61 Å². The molecule has 6 nitrogen and oxygen atoms in total. The number of hydrogen-bond acceptors (Lipinski definition) is 5. The first kappa shape index (κ1) is 23.3. The molecule has 3 aromatic rings. The SMILES string of the molecule is CC(C)N(Cc1ccc(OS(=O)(=O)c2ccc(F)cc2)cc1)C(=O)COc1ccccc1. The van der Waals surface area contributed by atoms with Crippen molar-refractivity contribution in [3.05, 3.63) is 90.2 Å². The van der Waals surface area contributed by atoms with Crippen LogP contribution in [0, 0.1) is 5.82 Å². The van der Waals surface area contributed by atoms with Crippen molar-refractivity contribution in [3.63, 3.8) is 0 Å². The Bertz CT molecular complexity index is 1130. The molecule has 0 unspecified atom stereocenters. The molecule has 0 bridgehead atoms. The lowest BCUT2D eigenvalue weighted by Gasteiger charge is -2.27. The van der Waals surface area contributed by atoms with E-state index in [1.54, 1.807) is 29.2 Å². The molecular formula is C24H24FNO5S. The molecule has 0 saturated carbocycles. The standard InChI is InChI=1S/C24H24FNO5S/c1-18(2)26(24(27)17-30-21-6-4-3-5-7-21)16-19-8-12-22(13-9-19)31-32(28,29)23-14-10-20(25)11-15-23/h3-15,18H,16-17H2,1-2H3. The first-order valence-electron chi connectivity index (χ1n) is 10.0. The number of rotatable bonds is 9. The van der Waals surface area contributed by atoms with Gasteiger partial charge in [-0.15, -0.1) is 0 Å². The molecule has 0 heterocycles. The fourth-order valence-electron chi connectivity index (χ4n) is 2.93. The smallest absolute Gasteiger partial charge is 0.339 e. The van der Waals surface area contributed by atoms with Crippen molar-refractivity contribution in [3.8, 4) is 11.5 Å². The summed E-state index contributed by atoms with van der Waals surface area (Å²) in [6, 6.07) is 19.8. The highest BCUT2D eigenvalue weighted by atomic mass is 32.2. The average molecular weight is 458 g/mol. The van der Waals surface area contributed by atoms with Gasteiger partial charge in [-0.3, -0.25) is 4.79 Å². The van der Waals surface area contributed by atoms with Crippen molar-refractivity contribution >= 4 is 16.0 Å².